The number of carbonyl (C=O) groups is 2. The van der Waals surface area contributed by atoms with E-state index in [4.69, 9.17) is 4.74 Å². The molecule has 2 aromatic rings. The average Bonchev–Trinajstić information content (AvgIpc) is 3.13. The van der Waals surface area contributed by atoms with Crippen molar-refractivity contribution < 1.29 is 14.3 Å². The van der Waals surface area contributed by atoms with Gasteiger partial charge in [-0.2, -0.15) is 0 Å². The number of hydrogen-bond donors (Lipinski definition) is 1. The Balaban J connectivity index is 1.42. The number of aryl methyl sites for hydroxylation is 2. The van der Waals surface area contributed by atoms with Gasteiger partial charge in [0, 0.05) is 29.6 Å². The Hall–Kier alpha value is -2.18. The molecule has 1 aliphatic carbocycles. The van der Waals surface area contributed by atoms with E-state index in [1.807, 2.05) is 42.2 Å². The standard InChI is InChI=1S/C21H24N2O3S/c1-14-2-5-17(6-3-14)22-20(24)15-4-7-18-16(12-15)13-19(27-18)21(25)23-8-10-26-11-9-23/h2-3,5-6,13,15H,4,7-12H2,1H3,(H,22,24)/t15-/m0/s1. The molecule has 0 unspecified atom stereocenters. The van der Waals surface area contributed by atoms with Crippen LogP contribution in [-0.2, 0) is 22.4 Å². The van der Waals surface area contributed by atoms with Crippen LogP contribution in [0, 0.1) is 12.8 Å². The summed E-state index contributed by atoms with van der Waals surface area (Å²) in [7, 11) is 0. The molecule has 2 amide bonds. The van der Waals surface area contributed by atoms with Gasteiger partial charge in [0.25, 0.3) is 5.91 Å². The molecule has 0 saturated carbocycles. The first-order valence-electron chi connectivity index (χ1n) is 9.46. The third kappa shape index (κ3) is 4.06. The summed E-state index contributed by atoms with van der Waals surface area (Å²) in [5, 5.41) is 3.03. The molecule has 27 heavy (non-hydrogen) atoms. The molecule has 1 atom stereocenters. The molecule has 0 spiro atoms. The number of hydrogen-bond acceptors (Lipinski definition) is 4. The number of ether oxygens (including phenoxy) is 1. The number of carbonyl (C=O) groups excluding carboxylic acids is 2. The number of anilines is 1. The zero-order valence-electron chi connectivity index (χ0n) is 15.5. The molecule has 1 saturated heterocycles. The lowest BCUT2D eigenvalue weighted by atomic mass is 9.87. The highest BCUT2D eigenvalue weighted by Crippen LogP contribution is 2.33. The maximum atomic E-state index is 12.7. The zero-order chi connectivity index (χ0) is 18.8. The molecule has 0 bridgehead atoms. The van der Waals surface area contributed by atoms with Crippen LogP contribution in [0.25, 0.3) is 0 Å². The van der Waals surface area contributed by atoms with E-state index in [-0.39, 0.29) is 17.7 Å². The maximum absolute atomic E-state index is 12.7. The van der Waals surface area contributed by atoms with Gasteiger partial charge >= 0.3 is 0 Å². The summed E-state index contributed by atoms with van der Waals surface area (Å²) in [6.45, 7) is 4.56. The number of amides is 2. The fourth-order valence-electron chi connectivity index (χ4n) is 3.66. The topological polar surface area (TPSA) is 58.6 Å². The van der Waals surface area contributed by atoms with Crippen LogP contribution in [0.4, 0.5) is 5.69 Å². The Morgan fingerprint density at radius 1 is 1.19 bits per heavy atom. The lowest BCUT2D eigenvalue weighted by Gasteiger charge is -2.26. The molecule has 5 nitrogen and oxygen atoms in total. The van der Waals surface area contributed by atoms with Crippen molar-refractivity contribution in [2.24, 2.45) is 5.92 Å². The first-order valence-corrected chi connectivity index (χ1v) is 10.3. The molecular weight excluding hydrogens is 360 g/mol. The van der Waals surface area contributed by atoms with Crippen molar-refractivity contribution in [2.75, 3.05) is 31.6 Å². The molecule has 1 aliphatic heterocycles. The summed E-state index contributed by atoms with van der Waals surface area (Å²) in [5.74, 6) is 0.120. The molecule has 1 aromatic carbocycles. The first-order chi connectivity index (χ1) is 13.1. The van der Waals surface area contributed by atoms with E-state index in [0.717, 1.165) is 29.0 Å². The summed E-state index contributed by atoms with van der Waals surface area (Å²) in [5.41, 5.74) is 3.17. The van der Waals surface area contributed by atoms with Crippen molar-refractivity contribution in [3.05, 3.63) is 51.2 Å². The zero-order valence-corrected chi connectivity index (χ0v) is 16.3. The summed E-state index contributed by atoms with van der Waals surface area (Å²) < 4.78 is 5.33. The quantitative estimate of drug-likeness (QED) is 0.884. The Bertz CT molecular complexity index is 838. The van der Waals surface area contributed by atoms with Crippen LogP contribution in [0.5, 0.6) is 0 Å². The summed E-state index contributed by atoms with van der Waals surface area (Å²) in [6, 6.07) is 9.87. The normalized spacial score (nSPS) is 19.4. The van der Waals surface area contributed by atoms with Crippen molar-refractivity contribution in [2.45, 2.75) is 26.2 Å². The van der Waals surface area contributed by atoms with Crippen LogP contribution >= 0.6 is 11.3 Å². The molecular formula is C21H24N2O3S. The van der Waals surface area contributed by atoms with Gasteiger partial charge in [-0.3, -0.25) is 9.59 Å². The van der Waals surface area contributed by atoms with Crippen LogP contribution in [-0.4, -0.2) is 43.0 Å². The van der Waals surface area contributed by atoms with Crippen LogP contribution in [0.2, 0.25) is 0 Å². The fraction of sp³-hybridized carbons (Fsp3) is 0.429. The van der Waals surface area contributed by atoms with Gasteiger partial charge in [-0.1, -0.05) is 17.7 Å². The van der Waals surface area contributed by atoms with E-state index in [1.165, 1.54) is 10.4 Å². The number of benzene rings is 1. The highest BCUT2D eigenvalue weighted by atomic mass is 32.1. The summed E-state index contributed by atoms with van der Waals surface area (Å²) in [6.07, 6.45) is 2.40. The van der Waals surface area contributed by atoms with Crippen LogP contribution in [0.3, 0.4) is 0 Å². The minimum absolute atomic E-state index is 0.0419. The Labute approximate surface area is 163 Å². The number of rotatable bonds is 3. The number of thiophene rings is 1. The molecule has 1 aromatic heterocycles. The molecule has 4 rings (SSSR count). The van der Waals surface area contributed by atoms with Crippen LogP contribution in [0.15, 0.2) is 30.3 Å². The Morgan fingerprint density at radius 3 is 2.67 bits per heavy atom. The first kappa shape index (κ1) is 18.2. The molecule has 142 valence electrons. The Morgan fingerprint density at radius 2 is 1.93 bits per heavy atom. The van der Waals surface area contributed by atoms with Crippen molar-refractivity contribution in [3.63, 3.8) is 0 Å². The van der Waals surface area contributed by atoms with Gasteiger partial charge in [-0.05, 0) is 49.9 Å². The second-order valence-corrected chi connectivity index (χ2v) is 8.40. The lowest BCUT2D eigenvalue weighted by Crippen LogP contribution is -2.40. The molecule has 1 N–H and O–H groups in total. The van der Waals surface area contributed by atoms with E-state index in [2.05, 4.69) is 5.32 Å². The summed E-state index contributed by atoms with van der Waals surface area (Å²) in [4.78, 5) is 29.3. The number of fused-ring (bicyclic) bond motifs is 1. The molecule has 6 heteroatoms. The highest BCUT2D eigenvalue weighted by molar-refractivity contribution is 7.14. The second-order valence-electron chi connectivity index (χ2n) is 7.26. The molecule has 2 aliphatic rings. The smallest absolute Gasteiger partial charge is 0.264 e. The van der Waals surface area contributed by atoms with Gasteiger partial charge in [-0.25, -0.2) is 0 Å². The van der Waals surface area contributed by atoms with Gasteiger partial charge in [-0.15, -0.1) is 11.3 Å². The second kappa shape index (κ2) is 7.82. The average molecular weight is 385 g/mol. The maximum Gasteiger partial charge on any atom is 0.264 e. The van der Waals surface area contributed by atoms with Crippen molar-refractivity contribution >= 4 is 28.8 Å². The molecule has 0 radical (unpaired) electrons. The van der Waals surface area contributed by atoms with Crippen molar-refractivity contribution in [3.8, 4) is 0 Å². The number of nitrogens with zero attached hydrogens (tertiary/aromatic N) is 1. The third-order valence-corrected chi connectivity index (χ3v) is 6.51. The van der Waals surface area contributed by atoms with Crippen LogP contribution < -0.4 is 5.32 Å². The monoisotopic (exact) mass is 384 g/mol. The Kier molecular flexibility index (Phi) is 5.27. The van der Waals surface area contributed by atoms with E-state index >= 15 is 0 Å². The summed E-state index contributed by atoms with van der Waals surface area (Å²) >= 11 is 1.59. The van der Waals surface area contributed by atoms with Gasteiger partial charge in [0.2, 0.25) is 5.91 Å². The highest BCUT2D eigenvalue weighted by Gasteiger charge is 2.29. The predicted molar refractivity (Wildman–Crippen MR) is 106 cm³/mol. The minimum atomic E-state index is -0.0419. The van der Waals surface area contributed by atoms with Crippen LogP contribution in [0.1, 0.15) is 32.1 Å². The largest absolute Gasteiger partial charge is 0.378 e. The van der Waals surface area contributed by atoms with Gasteiger partial charge < -0.3 is 15.0 Å². The van der Waals surface area contributed by atoms with E-state index in [1.54, 1.807) is 11.3 Å². The molecule has 1 fully saturated rings. The van der Waals surface area contributed by atoms with E-state index in [9.17, 15) is 9.59 Å². The van der Waals surface area contributed by atoms with Gasteiger partial charge in [0.1, 0.15) is 0 Å². The predicted octanol–water partition coefficient (Wildman–Crippen LogP) is 3.27. The van der Waals surface area contributed by atoms with Crippen molar-refractivity contribution in [1.82, 2.24) is 4.90 Å². The minimum Gasteiger partial charge on any atom is -0.378 e. The van der Waals surface area contributed by atoms with Gasteiger partial charge in [0.05, 0.1) is 18.1 Å². The fourth-order valence-corrected chi connectivity index (χ4v) is 4.83. The van der Waals surface area contributed by atoms with E-state index < -0.39 is 0 Å². The number of nitrogens with one attached hydrogen (secondary N) is 1. The van der Waals surface area contributed by atoms with Gasteiger partial charge in [0.15, 0.2) is 0 Å². The van der Waals surface area contributed by atoms with Crippen molar-refractivity contribution in [1.29, 1.82) is 0 Å². The SMILES string of the molecule is Cc1ccc(NC(=O)[C@H]2CCc3sc(C(=O)N4CCOCC4)cc3C2)cc1. The van der Waals surface area contributed by atoms with E-state index in [0.29, 0.717) is 32.7 Å². The lowest BCUT2D eigenvalue weighted by molar-refractivity contribution is -0.120. The molecule has 2 heterocycles. The third-order valence-electron chi connectivity index (χ3n) is 5.28. The number of morpholine rings is 1.